The summed E-state index contributed by atoms with van der Waals surface area (Å²) in [5.74, 6) is 1.03. The van der Waals surface area contributed by atoms with Crippen molar-refractivity contribution in [3.8, 4) is 17.1 Å². The number of benzene rings is 1. The van der Waals surface area contributed by atoms with Gasteiger partial charge in [0.15, 0.2) is 0 Å². The maximum Gasteiger partial charge on any atom is 0.141 e. The van der Waals surface area contributed by atoms with Gasteiger partial charge in [-0.3, -0.25) is 4.98 Å². The van der Waals surface area contributed by atoms with Gasteiger partial charge in [-0.1, -0.05) is 58.0 Å². The van der Waals surface area contributed by atoms with Crippen LogP contribution in [0.5, 0.6) is 5.75 Å². The first kappa shape index (κ1) is 28.7. The molecule has 0 radical (unpaired) electrons. The van der Waals surface area contributed by atoms with Gasteiger partial charge in [0.2, 0.25) is 0 Å². The van der Waals surface area contributed by atoms with Gasteiger partial charge < -0.3 is 14.6 Å². The molecular formula is C29H42N4O. The van der Waals surface area contributed by atoms with Crippen LogP contribution >= 0.6 is 0 Å². The highest BCUT2D eigenvalue weighted by atomic mass is 16.3. The summed E-state index contributed by atoms with van der Waals surface area (Å²) in [5.41, 5.74) is 5.83. The van der Waals surface area contributed by atoms with E-state index in [4.69, 9.17) is 4.98 Å². The first-order valence-electron chi connectivity index (χ1n) is 12.1. The Kier molecular flexibility index (Phi) is 12.4. The van der Waals surface area contributed by atoms with Gasteiger partial charge in [0.25, 0.3) is 0 Å². The zero-order valence-electron chi connectivity index (χ0n) is 22.1. The number of nitrogens with zero attached hydrogens (tertiary/aromatic N) is 4. The number of phenolic OH excluding ortho intramolecular Hbond substituents is 1. The predicted octanol–water partition coefficient (Wildman–Crippen LogP) is 7.24. The average Bonchev–Trinajstić information content (AvgIpc) is 3.15. The third-order valence-corrected chi connectivity index (χ3v) is 5.12. The molecule has 2 heterocycles. The molecule has 0 saturated carbocycles. The second kappa shape index (κ2) is 14.7. The topological polar surface area (TPSA) is 54.2 Å². The van der Waals surface area contributed by atoms with Gasteiger partial charge in [-0.2, -0.15) is 0 Å². The molecule has 0 fully saturated rings. The maximum absolute atomic E-state index is 9.98. The molecule has 184 valence electrons. The van der Waals surface area contributed by atoms with Crippen molar-refractivity contribution in [2.24, 2.45) is 0 Å². The monoisotopic (exact) mass is 462 g/mol. The molecule has 0 amide bonds. The lowest BCUT2D eigenvalue weighted by molar-refractivity contribution is 0.459. The van der Waals surface area contributed by atoms with Gasteiger partial charge in [0.05, 0.1) is 29.3 Å². The lowest BCUT2D eigenvalue weighted by Crippen LogP contribution is -2.20. The number of aryl methyl sites for hydroxylation is 2. The second-order valence-corrected chi connectivity index (χ2v) is 7.96. The molecule has 34 heavy (non-hydrogen) atoms. The molecule has 0 spiro atoms. The molecule has 5 heteroatoms. The van der Waals surface area contributed by atoms with E-state index in [0.29, 0.717) is 6.54 Å². The van der Waals surface area contributed by atoms with E-state index in [1.54, 1.807) is 18.2 Å². The van der Waals surface area contributed by atoms with Crippen LogP contribution in [0.2, 0.25) is 0 Å². The van der Waals surface area contributed by atoms with E-state index in [0.717, 1.165) is 59.1 Å². The first-order valence-corrected chi connectivity index (χ1v) is 12.1. The van der Waals surface area contributed by atoms with E-state index < -0.39 is 0 Å². The van der Waals surface area contributed by atoms with Crippen molar-refractivity contribution in [1.82, 2.24) is 19.4 Å². The summed E-state index contributed by atoms with van der Waals surface area (Å²) in [4.78, 5) is 11.6. The van der Waals surface area contributed by atoms with Crippen molar-refractivity contribution in [2.45, 2.75) is 60.9 Å². The number of allylic oxidation sites excluding steroid dienone is 1. The van der Waals surface area contributed by atoms with Crippen LogP contribution in [0.3, 0.4) is 0 Å². The lowest BCUT2D eigenvalue weighted by Gasteiger charge is -2.23. The van der Waals surface area contributed by atoms with Gasteiger partial charge in [-0.05, 0) is 51.0 Å². The van der Waals surface area contributed by atoms with Gasteiger partial charge in [0.1, 0.15) is 11.6 Å². The minimum atomic E-state index is 0.226. The van der Waals surface area contributed by atoms with E-state index in [1.165, 1.54) is 0 Å². The summed E-state index contributed by atoms with van der Waals surface area (Å²) < 4.78 is 2.16. The van der Waals surface area contributed by atoms with Gasteiger partial charge in [0, 0.05) is 25.4 Å². The van der Waals surface area contributed by atoms with Crippen molar-refractivity contribution >= 4 is 5.70 Å². The Bertz CT molecular complexity index is 1030. The quantitative estimate of drug-likeness (QED) is 0.359. The highest BCUT2D eigenvalue weighted by molar-refractivity contribution is 5.67. The number of pyridine rings is 1. The number of hydrogen-bond acceptors (Lipinski definition) is 4. The molecule has 3 rings (SSSR count). The van der Waals surface area contributed by atoms with E-state index in [9.17, 15) is 5.11 Å². The average molecular weight is 463 g/mol. The van der Waals surface area contributed by atoms with E-state index in [1.807, 2.05) is 59.0 Å². The summed E-state index contributed by atoms with van der Waals surface area (Å²) in [6.45, 7) is 21.4. The number of imidazole rings is 1. The fraction of sp³-hybridized carbons (Fsp3) is 0.379. The van der Waals surface area contributed by atoms with Crippen LogP contribution in [0.25, 0.3) is 17.1 Å². The largest absolute Gasteiger partial charge is 0.508 e. The highest BCUT2D eigenvalue weighted by Gasteiger charge is 2.21. The summed E-state index contributed by atoms with van der Waals surface area (Å²) >= 11 is 0. The van der Waals surface area contributed by atoms with Gasteiger partial charge in [-0.25, -0.2) is 4.98 Å². The minimum Gasteiger partial charge on any atom is -0.508 e. The number of rotatable bonds is 8. The van der Waals surface area contributed by atoms with Crippen LogP contribution in [-0.4, -0.2) is 38.1 Å². The molecule has 5 nitrogen and oxygen atoms in total. The molecule has 0 atom stereocenters. The number of phenols is 1. The number of aromatic hydroxyl groups is 1. The third kappa shape index (κ3) is 7.91. The molecule has 2 aromatic heterocycles. The molecule has 0 bridgehead atoms. The molecule has 0 aliphatic heterocycles. The first-order chi connectivity index (χ1) is 16.3. The summed E-state index contributed by atoms with van der Waals surface area (Å²) in [6, 6.07) is 11.3. The molecule has 0 aliphatic carbocycles. The number of aromatic nitrogens is 3. The Hall–Kier alpha value is -3.34. The number of hydrogen-bond donors (Lipinski definition) is 1. The summed E-state index contributed by atoms with van der Waals surface area (Å²) in [7, 11) is 2.08. The van der Waals surface area contributed by atoms with Crippen LogP contribution in [0.15, 0.2) is 61.8 Å². The lowest BCUT2D eigenvalue weighted by atomic mass is 10.2. The second-order valence-electron chi connectivity index (χ2n) is 7.96. The van der Waals surface area contributed by atoms with Crippen LogP contribution in [-0.2, 0) is 6.54 Å². The van der Waals surface area contributed by atoms with E-state index in [-0.39, 0.29) is 5.75 Å². The third-order valence-electron chi connectivity index (χ3n) is 5.12. The fourth-order valence-corrected chi connectivity index (χ4v) is 3.42. The summed E-state index contributed by atoms with van der Waals surface area (Å²) in [5, 5.41) is 9.98. The van der Waals surface area contributed by atoms with Gasteiger partial charge in [-0.15, -0.1) is 6.58 Å². The smallest absolute Gasteiger partial charge is 0.141 e. The van der Waals surface area contributed by atoms with Crippen molar-refractivity contribution in [3.63, 3.8) is 0 Å². The van der Waals surface area contributed by atoms with E-state index >= 15 is 0 Å². The maximum atomic E-state index is 9.98. The molecule has 3 aromatic rings. The summed E-state index contributed by atoms with van der Waals surface area (Å²) in [6.07, 6.45) is 5.88. The standard InChI is InChI=1S/C24H30N4O.C3H6.C2H6/c1-6-7-13-27(5)19(4)23-18(3)26-24(20-9-8-10-22(29)14-20)28(23)16-21-12-11-17(2)15-25-21;1-3-2;1-2/h8-12,14-15,29H,4,6-7,13,16H2,1-3,5H3;3H,1H2,2H3;1-2H3. The Labute approximate surface area is 206 Å². The Morgan fingerprint density at radius 3 is 2.41 bits per heavy atom. The van der Waals surface area contributed by atoms with Crippen molar-refractivity contribution in [1.29, 1.82) is 0 Å². The van der Waals surface area contributed by atoms with Crippen molar-refractivity contribution in [2.75, 3.05) is 13.6 Å². The van der Waals surface area contributed by atoms with Crippen LogP contribution in [0, 0.1) is 13.8 Å². The predicted molar refractivity (Wildman–Crippen MR) is 146 cm³/mol. The zero-order chi connectivity index (χ0) is 25.7. The normalized spacial score (nSPS) is 9.85. The van der Waals surface area contributed by atoms with Crippen molar-refractivity contribution < 1.29 is 5.11 Å². The molecular weight excluding hydrogens is 420 g/mol. The Morgan fingerprint density at radius 1 is 1.18 bits per heavy atom. The molecule has 0 unspecified atom stereocenters. The fourth-order valence-electron chi connectivity index (χ4n) is 3.42. The molecule has 1 N–H and O–H groups in total. The van der Waals surface area contributed by atoms with Crippen molar-refractivity contribution in [3.05, 3.63) is 84.5 Å². The SMILES string of the molecule is C=C(c1c(C)nc(-c2cccc(O)c2)n1Cc1ccc(C)cn1)N(C)CCCC.C=CC.CC. The molecule has 0 aliphatic rings. The molecule has 0 saturated heterocycles. The van der Waals surface area contributed by atoms with Crippen LogP contribution in [0.1, 0.15) is 63.2 Å². The van der Waals surface area contributed by atoms with Gasteiger partial charge >= 0.3 is 0 Å². The van der Waals surface area contributed by atoms with Crippen LogP contribution < -0.4 is 0 Å². The zero-order valence-corrected chi connectivity index (χ0v) is 22.1. The Morgan fingerprint density at radius 2 is 1.85 bits per heavy atom. The number of unbranched alkanes of at least 4 members (excludes halogenated alkanes) is 1. The molecule has 1 aromatic carbocycles. The van der Waals surface area contributed by atoms with Crippen LogP contribution in [0.4, 0.5) is 0 Å². The minimum absolute atomic E-state index is 0.226. The highest BCUT2D eigenvalue weighted by Crippen LogP contribution is 2.30. The van der Waals surface area contributed by atoms with E-state index in [2.05, 4.69) is 47.6 Å². The Balaban J connectivity index is 0.00000107.